The van der Waals surface area contributed by atoms with E-state index < -0.39 is 0 Å². The fourth-order valence-electron chi connectivity index (χ4n) is 1.46. The van der Waals surface area contributed by atoms with Crippen LogP contribution in [-0.2, 0) is 11.3 Å². The molecule has 0 unspecified atom stereocenters. The zero-order chi connectivity index (χ0) is 13.0. The number of carbonyl (C=O) groups is 1. The van der Waals surface area contributed by atoms with E-state index in [1.165, 1.54) is 5.56 Å². The number of amides is 1. The number of benzene rings is 1. The molecule has 18 heavy (non-hydrogen) atoms. The van der Waals surface area contributed by atoms with Gasteiger partial charge in [-0.3, -0.25) is 4.79 Å². The fraction of sp³-hybridized carbons (Fsp3) is 0.250. The second kappa shape index (κ2) is 5.42. The summed E-state index contributed by atoms with van der Waals surface area (Å²) in [7, 11) is 0. The Morgan fingerprint density at radius 1 is 1.39 bits per heavy atom. The molecule has 0 radical (unpaired) electrons. The lowest BCUT2D eigenvalue weighted by molar-refractivity contribution is -0.119. The molecule has 0 fully saturated rings. The lowest BCUT2D eigenvalue weighted by atomic mass is 10.2. The molecule has 0 saturated heterocycles. The van der Waals surface area contributed by atoms with E-state index in [0.29, 0.717) is 12.2 Å². The van der Waals surface area contributed by atoms with Crippen LogP contribution in [0, 0.1) is 6.92 Å². The first kappa shape index (κ1) is 12.3. The van der Waals surface area contributed by atoms with Gasteiger partial charge in [0.05, 0.1) is 25.0 Å². The molecule has 0 spiro atoms. The summed E-state index contributed by atoms with van der Waals surface area (Å²) in [6, 6.07) is 7.94. The highest BCUT2D eigenvalue weighted by atomic mass is 16.1. The van der Waals surface area contributed by atoms with Crippen LogP contribution < -0.4 is 11.1 Å². The Hall–Kier alpha value is -2.21. The second-order valence-electron chi connectivity index (χ2n) is 3.97. The first-order chi connectivity index (χ1) is 8.69. The van der Waals surface area contributed by atoms with Crippen molar-refractivity contribution in [3.05, 3.63) is 41.7 Å². The zero-order valence-electron chi connectivity index (χ0n) is 10.1. The highest BCUT2D eigenvalue weighted by Gasteiger charge is 2.04. The van der Waals surface area contributed by atoms with Crippen molar-refractivity contribution in [2.45, 2.75) is 13.5 Å². The van der Waals surface area contributed by atoms with E-state index in [4.69, 9.17) is 5.73 Å². The maximum atomic E-state index is 11.0. The summed E-state index contributed by atoms with van der Waals surface area (Å²) in [5.74, 6) is -0.208. The van der Waals surface area contributed by atoms with Crippen LogP contribution in [0.5, 0.6) is 0 Å². The topological polar surface area (TPSA) is 85.8 Å². The van der Waals surface area contributed by atoms with Crippen molar-refractivity contribution in [1.29, 1.82) is 0 Å². The minimum absolute atomic E-state index is 0.0217. The Kier molecular flexibility index (Phi) is 3.69. The molecular weight excluding hydrogens is 230 g/mol. The molecule has 0 aliphatic carbocycles. The third-order valence-electron chi connectivity index (χ3n) is 2.49. The largest absolute Gasteiger partial charge is 0.349 e. The minimum Gasteiger partial charge on any atom is -0.349 e. The molecule has 0 bridgehead atoms. The van der Waals surface area contributed by atoms with Crippen LogP contribution in [0.25, 0.3) is 5.69 Å². The van der Waals surface area contributed by atoms with Crippen LogP contribution in [0.1, 0.15) is 11.3 Å². The van der Waals surface area contributed by atoms with Crippen molar-refractivity contribution in [2.24, 2.45) is 5.73 Å². The molecule has 1 heterocycles. The number of carbonyl (C=O) groups excluding carboxylic acids is 1. The molecular formula is C12H15N5O. The molecule has 2 aromatic rings. The quantitative estimate of drug-likeness (QED) is 0.803. The Morgan fingerprint density at radius 2 is 2.11 bits per heavy atom. The molecule has 0 aliphatic rings. The molecule has 3 N–H and O–H groups in total. The van der Waals surface area contributed by atoms with Crippen LogP contribution >= 0.6 is 0 Å². The van der Waals surface area contributed by atoms with Gasteiger partial charge in [0.15, 0.2) is 0 Å². The molecule has 6 heteroatoms. The van der Waals surface area contributed by atoms with E-state index in [-0.39, 0.29) is 12.5 Å². The van der Waals surface area contributed by atoms with E-state index >= 15 is 0 Å². The standard InChI is InChI=1S/C12H15N5O/c1-9-2-4-11(5-3-9)17-8-10(15-16-17)7-14-12(18)6-13/h2-5,8H,6-7,13H2,1H3,(H,14,18). The second-order valence-corrected chi connectivity index (χ2v) is 3.97. The van der Waals surface area contributed by atoms with Crippen molar-refractivity contribution >= 4 is 5.91 Å². The SMILES string of the molecule is Cc1ccc(-n2cc(CNC(=O)CN)nn2)cc1. The van der Waals surface area contributed by atoms with Crippen LogP contribution in [0.3, 0.4) is 0 Å². The summed E-state index contributed by atoms with van der Waals surface area (Å²) in [5, 5.41) is 10.6. The maximum absolute atomic E-state index is 11.0. The van der Waals surface area contributed by atoms with Crippen molar-refractivity contribution < 1.29 is 4.79 Å². The number of hydrogen-bond donors (Lipinski definition) is 2. The number of rotatable bonds is 4. The summed E-state index contributed by atoms with van der Waals surface area (Å²) < 4.78 is 1.67. The maximum Gasteiger partial charge on any atom is 0.234 e. The smallest absolute Gasteiger partial charge is 0.234 e. The molecule has 6 nitrogen and oxygen atoms in total. The van der Waals surface area contributed by atoms with Gasteiger partial charge in [0, 0.05) is 0 Å². The lowest BCUT2D eigenvalue weighted by Gasteiger charge is -2.00. The summed E-state index contributed by atoms with van der Waals surface area (Å²) in [5.41, 5.74) is 8.01. The van der Waals surface area contributed by atoms with E-state index in [1.54, 1.807) is 10.9 Å². The van der Waals surface area contributed by atoms with E-state index in [9.17, 15) is 4.79 Å². The summed E-state index contributed by atoms with van der Waals surface area (Å²) in [4.78, 5) is 11.0. The Balaban J connectivity index is 2.06. The first-order valence-corrected chi connectivity index (χ1v) is 5.64. The molecule has 94 valence electrons. The average molecular weight is 245 g/mol. The molecule has 0 saturated carbocycles. The number of nitrogens with one attached hydrogen (secondary N) is 1. The minimum atomic E-state index is -0.208. The predicted molar refractivity (Wildman–Crippen MR) is 67.0 cm³/mol. The highest BCUT2D eigenvalue weighted by Crippen LogP contribution is 2.08. The average Bonchev–Trinajstić information content (AvgIpc) is 2.85. The monoisotopic (exact) mass is 245 g/mol. The van der Waals surface area contributed by atoms with E-state index in [1.807, 2.05) is 31.2 Å². The Labute approximate surface area is 105 Å². The summed E-state index contributed by atoms with van der Waals surface area (Å²) in [6.07, 6.45) is 1.78. The zero-order valence-corrected chi connectivity index (χ0v) is 10.1. The van der Waals surface area contributed by atoms with Gasteiger partial charge in [-0.1, -0.05) is 22.9 Å². The summed E-state index contributed by atoms with van der Waals surface area (Å²) >= 11 is 0. The molecule has 1 aromatic carbocycles. The number of nitrogens with zero attached hydrogens (tertiary/aromatic N) is 3. The Bertz CT molecular complexity index is 532. The van der Waals surface area contributed by atoms with Gasteiger partial charge in [-0.2, -0.15) is 0 Å². The highest BCUT2D eigenvalue weighted by molar-refractivity contribution is 5.77. The van der Waals surface area contributed by atoms with Crippen molar-refractivity contribution in [3.63, 3.8) is 0 Å². The molecule has 1 aromatic heterocycles. The molecule has 1 amide bonds. The number of aryl methyl sites for hydroxylation is 1. The predicted octanol–water partition coefficient (Wildman–Crippen LogP) is 0.151. The number of aromatic nitrogens is 3. The van der Waals surface area contributed by atoms with Gasteiger partial charge in [0.2, 0.25) is 5.91 Å². The Morgan fingerprint density at radius 3 is 2.78 bits per heavy atom. The lowest BCUT2D eigenvalue weighted by Crippen LogP contribution is -2.29. The van der Waals surface area contributed by atoms with Crippen LogP contribution in [0.2, 0.25) is 0 Å². The molecule has 2 rings (SSSR count). The number of nitrogens with two attached hydrogens (primary N) is 1. The number of hydrogen-bond acceptors (Lipinski definition) is 4. The van der Waals surface area contributed by atoms with E-state index in [0.717, 1.165) is 5.69 Å². The van der Waals surface area contributed by atoms with Crippen LogP contribution in [0.4, 0.5) is 0 Å². The first-order valence-electron chi connectivity index (χ1n) is 5.64. The van der Waals surface area contributed by atoms with Gasteiger partial charge >= 0.3 is 0 Å². The summed E-state index contributed by atoms with van der Waals surface area (Å²) in [6.45, 7) is 2.34. The van der Waals surface area contributed by atoms with Crippen molar-refractivity contribution in [3.8, 4) is 5.69 Å². The molecule has 0 aliphatic heterocycles. The normalized spacial score (nSPS) is 10.3. The molecule has 0 atom stereocenters. The van der Waals surface area contributed by atoms with Crippen LogP contribution in [0.15, 0.2) is 30.5 Å². The van der Waals surface area contributed by atoms with Gasteiger partial charge in [0.1, 0.15) is 5.69 Å². The van der Waals surface area contributed by atoms with E-state index in [2.05, 4.69) is 15.6 Å². The van der Waals surface area contributed by atoms with Gasteiger partial charge < -0.3 is 11.1 Å². The van der Waals surface area contributed by atoms with Gasteiger partial charge in [-0.25, -0.2) is 4.68 Å². The fourth-order valence-corrected chi connectivity index (χ4v) is 1.46. The van der Waals surface area contributed by atoms with Crippen LogP contribution in [-0.4, -0.2) is 27.4 Å². The van der Waals surface area contributed by atoms with Gasteiger partial charge in [-0.15, -0.1) is 5.10 Å². The third kappa shape index (κ3) is 2.92. The van der Waals surface area contributed by atoms with Crippen molar-refractivity contribution in [2.75, 3.05) is 6.54 Å². The third-order valence-corrected chi connectivity index (χ3v) is 2.49. The van der Waals surface area contributed by atoms with Crippen molar-refractivity contribution in [1.82, 2.24) is 20.3 Å². The van der Waals surface area contributed by atoms with Gasteiger partial charge in [-0.05, 0) is 19.1 Å². The van der Waals surface area contributed by atoms with Gasteiger partial charge in [0.25, 0.3) is 0 Å².